The molecular formula is C22H19N3O9. The van der Waals surface area contributed by atoms with Gasteiger partial charge in [0.05, 0.1) is 31.9 Å². The highest BCUT2D eigenvalue weighted by Crippen LogP contribution is 2.35. The zero-order chi connectivity index (χ0) is 24.8. The molecule has 0 atom stereocenters. The van der Waals surface area contributed by atoms with Gasteiger partial charge in [-0.25, -0.2) is 19.1 Å². The van der Waals surface area contributed by atoms with E-state index < -0.39 is 35.1 Å². The number of nitro groups is 1. The first-order valence-electron chi connectivity index (χ1n) is 9.65. The number of methoxy groups -OCH3 is 3. The molecule has 12 nitrogen and oxygen atoms in total. The second kappa shape index (κ2) is 10.3. The predicted molar refractivity (Wildman–Crippen MR) is 116 cm³/mol. The fourth-order valence-electron chi connectivity index (χ4n) is 3.08. The Bertz CT molecular complexity index is 1250. The van der Waals surface area contributed by atoms with Crippen molar-refractivity contribution in [1.29, 1.82) is 0 Å². The molecule has 0 N–H and O–H groups in total. The number of carbonyl (C=O) groups excluding carboxylic acids is 3. The number of hydrogen-bond acceptors (Lipinski definition) is 10. The molecule has 1 aromatic heterocycles. The van der Waals surface area contributed by atoms with Crippen molar-refractivity contribution in [1.82, 2.24) is 9.78 Å². The van der Waals surface area contributed by atoms with Gasteiger partial charge in [-0.1, -0.05) is 18.2 Å². The maximum absolute atomic E-state index is 12.7. The van der Waals surface area contributed by atoms with Crippen LogP contribution < -0.4 is 4.74 Å². The summed E-state index contributed by atoms with van der Waals surface area (Å²) in [6, 6.07) is 12.2. The molecule has 0 amide bonds. The van der Waals surface area contributed by atoms with E-state index >= 15 is 0 Å². The average molecular weight is 469 g/mol. The van der Waals surface area contributed by atoms with Crippen LogP contribution in [0.4, 0.5) is 5.69 Å². The number of esters is 3. The minimum absolute atomic E-state index is 0.0567. The molecule has 12 heteroatoms. The van der Waals surface area contributed by atoms with Crippen molar-refractivity contribution in [3.63, 3.8) is 0 Å². The molecule has 0 saturated carbocycles. The Morgan fingerprint density at radius 3 is 2.24 bits per heavy atom. The van der Waals surface area contributed by atoms with Gasteiger partial charge in [0, 0.05) is 11.6 Å². The van der Waals surface area contributed by atoms with E-state index in [1.807, 2.05) is 0 Å². The van der Waals surface area contributed by atoms with E-state index in [1.54, 1.807) is 30.3 Å². The van der Waals surface area contributed by atoms with E-state index in [0.29, 0.717) is 5.69 Å². The Hall–Kier alpha value is -4.74. The van der Waals surface area contributed by atoms with E-state index in [9.17, 15) is 24.5 Å². The van der Waals surface area contributed by atoms with Gasteiger partial charge in [0.2, 0.25) is 0 Å². The third-order valence-corrected chi connectivity index (χ3v) is 4.66. The first-order chi connectivity index (χ1) is 16.3. The Morgan fingerprint density at radius 1 is 0.971 bits per heavy atom. The number of rotatable bonds is 8. The standard InChI is InChI=1S/C22H19N3O9/c1-31-17(26)12-34-16-10-9-13(11-15(16)25(29)30)19-18(21(27)32-2)20(22(28)33-3)24(23-19)14-7-5-4-6-8-14/h4-11H,12H2,1-3H3. The summed E-state index contributed by atoms with van der Waals surface area (Å²) in [5, 5.41) is 16.0. The second-order valence-electron chi connectivity index (χ2n) is 6.61. The minimum atomic E-state index is -0.897. The molecule has 0 aliphatic rings. The lowest BCUT2D eigenvalue weighted by molar-refractivity contribution is -0.385. The highest BCUT2D eigenvalue weighted by atomic mass is 16.6. The smallest absolute Gasteiger partial charge is 0.357 e. The van der Waals surface area contributed by atoms with Gasteiger partial charge in [-0.15, -0.1) is 0 Å². The highest BCUT2D eigenvalue weighted by Gasteiger charge is 2.32. The van der Waals surface area contributed by atoms with Crippen LogP contribution in [0.1, 0.15) is 20.8 Å². The third kappa shape index (κ3) is 4.70. The van der Waals surface area contributed by atoms with Crippen LogP contribution in [0.2, 0.25) is 0 Å². The topological polar surface area (TPSA) is 149 Å². The Labute approximate surface area is 192 Å². The molecule has 2 aromatic carbocycles. The maximum atomic E-state index is 12.7. The van der Waals surface area contributed by atoms with Gasteiger partial charge in [0.1, 0.15) is 11.3 Å². The minimum Gasteiger partial charge on any atom is -0.475 e. The number of nitro benzene ring substituents is 1. The van der Waals surface area contributed by atoms with Crippen LogP contribution in [0.25, 0.3) is 16.9 Å². The van der Waals surface area contributed by atoms with Gasteiger partial charge in [-0.2, -0.15) is 5.10 Å². The van der Waals surface area contributed by atoms with Gasteiger partial charge in [0.15, 0.2) is 18.1 Å². The molecule has 0 aliphatic carbocycles. The van der Waals surface area contributed by atoms with Gasteiger partial charge in [-0.05, 0) is 24.3 Å². The van der Waals surface area contributed by atoms with Crippen molar-refractivity contribution in [3.05, 3.63) is 69.9 Å². The molecule has 3 aromatic rings. The van der Waals surface area contributed by atoms with Crippen molar-refractivity contribution in [3.8, 4) is 22.7 Å². The van der Waals surface area contributed by atoms with Gasteiger partial charge < -0.3 is 18.9 Å². The molecule has 34 heavy (non-hydrogen) atoms. The Kier molecular flexibility index (Phi) is 7.21. The van der Waals surface area contributed by atoms with Crippen molar-refractivity contribution >= 4 is 23.6 Å². The van der Waals surface area contributed by atoms with Crippen LogP contribution in [-0.4, -0.2) is 60.5 Å². The van der Waals surface area contributed by atoms with Crippen LogP contribution in [-0.2, 0) is 19.0 Å². The van der Waals surface area contributed by atoms with Gasteiger partial charge in [-0.3, -0.25) is 10.1 Å². The van der Waals surface area contributed by atoms with E-state index in [0.717, 1.165) is 27.4 Å². The summed E-state index contributed by atoms with van der Waals surface area (Å²) in [4.78, 5) is 47.6. The number of carbonyl (C=O) groups is 3. The number of para-hydroxylation sites is 1. The summed E-state index contributed by atoms with van der Waals surface area (Å²) in [6.07, 6.45) is 0. The molecule has 0 unspecified atom stereocenters. The summed E-state index contributed by atoms with van der Waals surface area (Å²) in [5.41, 5.74) is -0.450. The first-order valence-corrected chi connectivity index (χ1v) is 9.65. The molecule has 1 heterocycles. The zero-order valence-corrected chi connectivity index (χ0v) is 18.3. The molecule has 0 spiro atoms. The van der Waals surface area contributed by atoms with Crippen LogP contribution in [0.5, 0.6) is 5.75 Å². The lowest BCUT2D eigenvalue weighted by Crippen LogP contribution is -2.15. The second-order valence-corrected chi connectivity index (χ2v) is 6.61. The normalized spacial score (nSPS) is 10.3. The van der Waals surface area contributed by atoms with Crippen molar-refractivity contribution < 1.29 is 38.3 Å². The average Bonchev–Trinajstić information content (AvgIpc) is 3.27. The molecule has 0 saturated heterocycles. The van der Waals surface area contributed by atoms with Crippen molar-refractivity contribution in [2.75, 3.05) is 27.9 Å². The summed E-state index contributed by atoms with van der Waals surface area (Å²) < 4.78 is 20.6. The Morgan fingerprint density at radius 2 is 1.65 bits per heavy atom. The Balaban J connectivity index is 2.24. The molecule has 0 radical (unpaired) electrons. The lowest BCUT2D eigenvalue weighted by Gasteiger charge is -2.08. The summed E-state index contributed by atoms with van der Waals surface area (Å²) in [5.74, 6) is -2.69. The van der Waals surface area contributed by atoms with Crippen LogP contribution >= 0.6 is 0 Å². The fourth-order valence-corrected chi connectivity index (χ4v) is 3.08. The molecule has 0 bridgehead atoms. The maximum Gasteiger partial charge on any atom is 0.357 e. The predicted octanol–water partition coefficient (Wildman–Crippen LogP) is 2.57. The van der Waals surface area contributed by atoms with Gasteiger partial charge in [0.25, 0.3) is 0 Å². The molecular weight excluding hydrogens is 450 g/mol. The largest absolute Gasteiger partial charge is 0.475 e. The quantitative estimate of drug-likeness (QED) is 0.208. The van der Waals surface area contributed by atoms with Crippen LogP contribution in [0, 0.1) is 10.1 Å². The number of benzene rings is 2. The SMILES string of the molecule is COC(=O)COc1ccc(-c2nn(-c3ccccc3)c(C(=O)OC)c2C(=O)OC)cc1[N+](=O)[O-]. The fraction of sp³-hybridized carbons (Fsp3) is 0.182. The van der Waals surface area contributed by atoms with Crippen molar-refractivity contribution in [2.45, 2.75) is 0 Å². The first kappa shape index (κ1) is 23.9. The summed E-state index contributed by atoms with van der Waals surface area (Å²) in [6.45, 7) is -0.542. The molecule has 176 valence electrons. The third-order valence-electron chi connectivity index (χ3n) is 4.66. The van der Waals surface area contributed by atoms with E-state index in [2.05, 4.69) is 9.84 Å². The molecule has 3 rings (SSSR count). The van der Waals surface area contributed by atoms with E-state index in [4.69, 9.17) is 14.2 Å². The molecule has 0 aliphatic heterocycles. The number of hydrogen-bond donors (Lipinski definition) is 0. The summed E-state index contributed by atoms with van der Waals surface area (Å²) >= 11 is 0. The van der Waals surface area contributed by atoms with Crippen LogP contribution in [0.15, 0.2) is 48.5 Å². The van der Waals surface area contributed by atoms with E-state index in [1.165, 1.54) is 16.8 Å². The lowest BCUT2D eigenvalue weighted by atomic mass is 10.0. The van der Waals surface area contributed by atoms with Crippen molar-refractivity contribution in [2.24, 2.45) is 0 Å². The van der Waals surface area contributed by atoms with Crippen LogP contribution in [0.3, 0.4) is 0 Å². The summed E-state index contributed by atoms with van der Waals surface area (Å²) in [7, 11) is 3.42. The van der Waals surface area contributed by atoms with E-state index in [-0.39, 0.29) is 28.3 Å². The number of aromatic nitrogens is 2. The monoisotopic (exact) mass is 469 g/mol. The zero-order valence-electron chi connectivity index (χ0n) is 18.3. The van der Waals surface area contributed by atoms with Gasteiger partial charge >= 0.3 is 23.6 Å². The molecule has 0 fully saturated rings. The number of nitrogens with zero attached hydrogens (tertiary/aromatic N) is 3. The highest BCUT2D eigenvalue weighted by molar-refractivity contribution is 6.07. The number of ether oxygens (including phenoxy) is 4.